The second-order valence-electron chi connectivity index (χ2n) is 2.10. The minimum absolute atomic E-state index is 0.0139. The van der Waals surface area contributed by atoms with Crippen molar-refractivity contribution >= 4 is 0 Å². The van der Waals surface area contributed by atoms with E-state index >= 15 is 0 Å². The van der Waals surface area contributed by atoms with E-state index in [4.69, 9.17) is 0 Å². The number of hydrogen-bond donors (Lipinski definition) is 0. The van der Waals surface area contributed by atoms with Crippen LogP contribution in [-0.2, 0) is 0 Å². The molecule has 54 valence electrons. The van der Waals surface area contributed by atoms with Gasteiger partial charge in [0.15, 0.2) is 0 Å². The molecule has 0 fully saturated rings. The molecule has 3 heteroatoms. The fourth-order valence-electron chi connectivity index (χ4n) is 0.698. The van der Waals surface area contributed by atoms with Crippen molar-refractivity contribution in [3.05, 3.63) is 29.6 Å². The Morgan fingerprint density at radius 1 is 1.40 bits per heavy atom. The highest BCUT2D eigenvalue weighted by Gasteiger charge is 2.05. The van der Waals surface area contributed by atoms with Gasteiger partial charge in [-0.1, -0.05) is 0 Å². The number of aryl methyl sites for hydroxylation is 1. The molecule has 0 amide bonds. The van der Waals surface area contributed by atoms with Crippen molar-refractivity contribution in [1.29, 1.82) is 0 Å². The molecule has 1 nitrogen and oxygen atoms in total. The number of alkyl halides is 2. The van der Waals surface area contributed by atoms with Crippen LogP contribution in [-0.4, -0.2) is 4.98 Å². The molecule has 0 radical (unpaired) electrons. The van der Waals surface area contributed by atoms with E-state index in [1.807, 2.05) is 0 Å². The van der Waals surface area contributed by atoms with Gasteiger partial charge in [0.25, 0.3) is 6.43 Å². The summed E-state index contributed by atoms with van der Waals surface area (Å²) >= 11 is 0. The molecular formula is C7H7F2N. The standard InChI is InChI=1S/C7H7F2N/c1-5-2-6(7(8)9)4-10-3-5/h2-4,7H,1H3. The normalized spacial score (nSPS) is 10.4. The molecule has 0 saturated carbocycles. The average molecular weight is 143 g/mol. The molecule has 1 aromatic rings. The maximum atomic E-state index is 11.9. The van der Waals surface area contributed by atoms with Crippen LogP contribution in [0.1, 0.15) is 17.6 Å². The van der Waals surface area contributed by atoms with Gasteiger partial charge in [-0.25, -0.2) is 8.78 Å². The molecule has 0 N–H and O–H groups in total. The highest BCUT2D eigenvalue weighted by Crippen LogP contribution is 2.17. The fraction of sp³-hybridized carbons (Fsp3) is 0.286. The Balaban J connectivity index is 2.96. The lowest BCUT2D eigenvalue weighted by atomic mass is 10.2. The minimum atomic E-state index is -2.41. The summed E-state index contributed by atoms with van der Waals surface area (Å²) in [6, 6.07) is 1.43. The first kappa shape index (κ1) is 7.12. The van der Waals surface area contributed by atoms with Crippen LogP contribution in [0, 0.1) is 6.92 Å². The number of hydrogen-bond acceptors (Lipinski definition) is 1. The van der Waals surface area contributed by atoms with Crippen LogP contribution in [0.5, 0.6) is 0 Å². The summed E-state index contributed by atoms with van der Waals surface area (Å²) in [4.78, 5) is 3.63. The van der Waals surface area contributed by atoms with Gasteiger partial charge in [0.1, 0.15) is 0 Å². The van der Waals surface area contributed by atoms with Gasteiger partial charge < -0.3 is 0 Å². The van der Waals surface area contributed by atoms with Crippen molar-refractivity contribution in [2.75, 3.05) is 0 Å². The average Bonchev–Trinajstić information content (AvgIpc) is 1.88. The Bertz CT molecular complexity index is 223. The quantitative estimate of drug-likeness (QED) is 0.587. The maximum Gasteiger partial charge on any atom is 0.265 e. The van der Waals surface area contributed by atoms with Gasteiger partial charge in [-0.2, -0.15) is 0 Å². The van der Waals surface area contributed by atoms with Crippen LogP contribution in [0.15, 0.2) is 18.5 Å². The van der Waals surface area contributed by atoms with Gasteiger partial charge in [0.2, 0.25) is 0 Å². The van der Waals surface area contributed by atoms with Crippen LogP contribution in [0.3, 0.4) is 0 Å². The van der Waals surface area contributed by atoms with Crippen molar-refractivity contribution < 1.29 is 8.78 Å². The van der Waals surface area contributed by atoms with Gasteiger partial charge in [-0.3, -0.25) is 4.98 Å². The van der Waals surface area contributed by atoms with Gasteiger partial charge >= 0.3 is 0 Å². The summed E-state index contributed by atoms with van der Waals surface area (Å²) in [7, 11) is 0. The molecular weight excluding hydrogens is 136 g/mol. The summed E-state index contributed by atoms with van der Waals surface area (Å²) in [6.07, 6.45) is 0.316. The number of halogens is 2. The Hall–Kier alpha value is -0.990. The van der Waals surface area contributed by atoms with Crippen LogP contribution >= 0.6 is 0 Å². The summed E-state index contributed by atoms with van der Waals surface area (Å²) in [5.74, 6) is 0. The Labute approximate surface area is 57.7 Å². The van der Waals surface area contributed by atoms with E-state index in [1.54, 1.807) is 13.1 Å². The summed E-state index contributed by atoms with van der Waals surface area (Å²) in [5, 5.41) is 0. The van der Waals surface area contributed by atoms with Gasteiger partial charge in [-0.05, 0) is 18.6 Å². The highest BCUT2D eigenvalue weighted by molar-refractivity contribution is 5.17. The van der Waals surface area contributed by atoms with Crippen LogP contribution in [0.2, 0.25) is 0 Å². The van der Waals surface area contributed by atoms with E-state index in [2.05, 4.69) is 4.98 Å². The van der Waals surface area contributed by atoms with Gasteiger partial charge in [0, 0.05) is 18.0 Å². The monoisotopic (exact) mass is 143 g/mol. The van der Waals surface area contributed by atoms with Crippen LogP contribution in [0.4, 0.5) is 8.78 Å². The molecule has 0 unspecified atom stereocenters. The SMILES string of the molecule is Cc1cncc(C(F)F)c1. The predicted octanol–water partition coefficient (Wildman–Crippen LogP) is 2.33. The predicted molar refractivity (Wildman–Crippen MR) is 33.9 cm³/mol. The number of nitrogens with zero attached hydrogens (tertiary/aromatic N) is 1. The zero-order valence-electron chi connectivity index (χ0n) is 5.51. The third kappa shape index (κ3) is 1.50. The molecule has 0 saturated heterocycles. The molecule has 0 aliphatic heterocycles. The van der Waals surface area contributed by atoms with Crippen molar-refractivity contribution in [3.63, 3.8) is 0 Å². The molecule has 1 aromatic heterocycles. The maximum absolute atomic E-state index is 11.9. The molecule has 0 aromatic carbocycles. The van der Waals surface area contributed by atoms with E-state index in [0.29, 0.717) is 0 Å². The zero-order chi connectivity index (χ0) is 7.56. The topological polar surface area (TPSA) is 12.9 Å². The molecule has 1 heterocycles. The Morgan fingerprint density at radius 3 is 2.50 bits per heavy atom. The third-order valence-corrected chi connectivity index (χ3v) is 1.15. The van der Waals surface area contributed by atoms with E-state index < -0.39 is 6.43 Å². The number of aromatic nitrogens is 1. The van der Waals surface area contributed by atoms with Gasteiger partial charge in [0.05, 0.1) is 0 Å². The molecule has 0 bridgehead atoms. The molecule has 1 rings (SSSR count). The van der Waals surface area contributed by atoms with Crippen LogP contribution < -0.4 is 0 Å². The minimum Gasteiger partial charge on any atom is -0.264 e. The zero-order valence-corrected chi connectivity index (χ0v) is 5.51. The van der Waals surface area contributed by atoms with Crippen molar-refractivity contribution in [3.8, 4) is 0 Å². The first-order chi connectivity index (χ1) is 4.70. The van der Waals surface area contributed by atoms with E-state index in [-0.39, 0.29) is 5.56 Å². The van der Waals surface area contributed by atoms with Crippen molar-refractivity contribution in [2.24, 2.45) is 0 Å². The molecule has 10 heavy (non-hydrogen) atoms. The van der Waals surface area contributed by atoms with E-state index in [1.165, 1.54) is 12.3 Å². The second-order valence-corrected chi connectivity index (χ2v) is 2.10. The summed E-state index contributed by atoms with van der Waals surface area (Å²) in [5.41, 5.74) is 0.748. The molecule has 0 aliphatic rings. The second kappa shape index (κ2) is 2.73. The fourth-order valence-corrected chi connectivity index (χ4v) is 0.698. The van der Waals surface area contributed by atoms with Crippen LogP contribution in [0.25, 0.3) is 0 Å². The largest absolute Gasteiger partial charge is 0.265 e. The molecule has 0 spiro atoms. The lowest BCUT2D eigenvalue weighted by molar-refractivity contribution is 0.151. The first-order valence-corrected chi connectivity index (χ1v) is 2.90. The van der Waals surface area contributed by atoms with E-state index in [9.17, 15) is 8.78 Å². The lowest BCUT2D eigenvalue weighted by Crippen LogP contribution is -1.86. The van der Waals surface area contributed by atoms with Gasteiger partial charge in [-0.15, -0.1) is 0 Å². The third-order valence-electron chi connectivity index (χ3n) is 1.15. The lowest BCUT2D eigenvalue weighted by Gasteiger charge is -1.97. The first-order valence-electron chi connectivity index (χ1n) is 2.90. The van der Waals surface area contributed by atoms with Crippen molar-refractivity contribution in [1.82, 2.24) is 4.98 Å². The molecule has 0 aliphatic carbocycles. The number of rotatable bonds is 1. The summed E-state index contributed by atoms with van der Waals surface area (Å²) < 4.78 is 23.8. The Kier molecular flexibility index (Phi) is 1.94. The van der Waals surface area contributed by atoms with Crippen molar-refractivity contribution in [2.45, 2.75) is 13.3 Å². The molecule has 0 atom stereocenters. The summed E-state index contributed by atoms with van der Waals surface area (Å²) in [6.45, 7) is 1.74. The number of pyridine rings is 1. The Morgan fingerprint density at radius 2 is 2.10 bits per heavy atom. The smallest absolute Gasteiger partial charge is 0.264 e. The highest BCUT2D eigenvalue weighted by atomic mass is 19.3. The van der Waals surface area contributed by atoms with E-state index in [0.717, 1.165) is 5.56 Å².